The van der Waals surface area contributed by atoms with E-state index in [4.69, 9.17) is 0 Å². The minimum absolute atomic E-state index is 0.0926. The molecule has 2 nitrogen and oxygen atoms in total. The molecule has 0 amide bonds. The number of hydrogen-bond acceptors (Lipinski definition) is 2. The lowest BCUT2D eigenvalue weighted by Gasteiger charge is -2.17. The van der Waals surface area contributed by atoms with Gasteiger partial charge in [0.15, 0.2) is 0 Å². The Balaban J connectivity index is 2.65. The smallest absolute Gasteiger partial charge is 0.313 e. The Labute approximate surface area is 66.5 Å². The van der Waals surface area contributed by atoms with Crippen LogP contribution in [0.2, 0.25) is 0 Å². The summed E-state index contributed by atoms with van der Waals surface area (Å²) in [5, 5.41) is 0. The molecule has 0 aromatic heterocycles. The van der Waals surface area contributed by atoms with Crippen molar-refractivity contribution in [3.63, 3.8) is 0 Å². The lowest BCUT2D eigenvalue weighted by Crippen LogP contribution is -2.21. The molecule has 2 unspecified atom stereocenters. The third-order valence-electron chi connectivity index (χ3n) is 1.88. The van der Waals surface area contributed by atoms with Gasteiger partial charge in [-0.25, -0.2) is 0 Å². The zero-order chi connectivity index (χ0) is 8.27. The second kappa shape index (κ2) is 3.37. The zero-order valence-electron chi connectivity index (χ0n) is 6.78. The molecular formula is C9H12O2. The molecule has 0 saturated carbocycles. The fraction of sp³-hybridized carbons (Fsp3) is 0.444. The Morgan fingerprint density at radius 2 is 2.00 bits per heavy atom. The van der Waals surface area contributed by atoms with Crippen LogP contribution in [-0.2, 0) is 9.53 Å². The molecule has 60 valence electrons. The van der Waals surface area contributed by atoms with Crippen LogP contribution in [0.15, 0.2) is 24.3 Å². The number of methoxy groups -OCH3 is 1. The van der Waals surface area contributed by atoms with Gasteiger partial charge in [-0.2, -0.15) is 0 Å². The van der Waals surface area contributed by atoms with Crippen LogP contribution in [-0.4, -0.2) is 13.1 Å². The van der Waals surface area contributed by atoms with E-state index in [0.717, 1.165) is 0 Å². The number of ether oxygens (including phenoxy) is 1. The summed E-state index contributed by atoms with van der Waals surface area (Å²) in [6, 6.07) is 0. The number of carbonyl (C=O) groups is 1. The van der Waals surface area contributed by atoms with E-state index in [-0.39, 0.29) is 17.8 Å². The van der Waals surface area contributed by atoms with Crippen molar-refractivity contribution in [2.75, 3.05) is 7.11 Å². The first-order valence-corrected chi connectivity index (χ1v) is 3.68. The maximum absolute atomic E-state index is 11.1. The molecular weight excluding hydrogens is 140 g/mol. The van der Waals surface area contributed by atoms with Gasteiger partial charge >= 0.3 is 5.97 Å². The van der Waals surface area contributed by atoms with Crippen LogP contribution < -0.4 is 0 Å². The molecule has 1 rings (SSSR count). The Morgan fingerprint density at radius 3 is 2.55 bits per heavy atom. The SMILES string of the molecule is COC(=O)C1C=CC=CC1C. The van der Waals surface area contributed by atoms with Gasteiger partial charge in [-0.15, -0.1) is 0 Å². The summed E-state index contributed by atoms with van der Waals surface area (Å²) in [6.07, 6.45) is 7.70. The Hall–Kier alpha value is -1.05. The second-order valence-electron chi connectivity index (χ2n) is 2.68. The zero-order valence-corrected chi connectivity index (χ0v) is 6.78. The summed E-state index contributed by atoms with van der Waals surface area (Å²) in [4.78, 5) is 11.1. The van der Waals surface area contributed by atoms with Crippen LogP contribution in [0.4, 0.5) is 0 Å². The Bertz CT molecular complexity index is 204. The molecule has 11 heavy (non-hydrogen) atoms. The first-order valence-electron chi connectivity index (χ1n) is 3.68. The predicted molar refractivity (Wildman–Crippen MR) is 43.0 cm³/mol. The van der Waals surface area contributed by atoms with Crippen LogP contribution in [0.25, 0.3) is 0 Å². The summed E-state index contributed by atoms with van der Waals surface area (Å²) in [6.45, 7) is 2.00. The lowest BCUT2D eigenvalue weighted by molar-refractivity contribution is -0.144. The molecule has 0 aliphatic heterocycles. The molecule has 0 aromatic carbocycles. The maximum atomic E-state index is 11.1. The van der Waals surface area contributed by atoms with Gasteiger partial charge in [-0.3, -0.25) is 4.79 Å². The van der Waals surface area contributed by atoms with E-state index < -0.39 is 0 Å². The Morgan fingerprint density at radius 1 is 1.36 bits per heavy atom. The van der Waals surface area contributed by atoms with Crippen molar-refractivity contribution in [3.05, 3.63) is 24.3 Å². The number of rotatable bonds is 1. The van der Waals surface area contributed by atoms with Crippen LogP contribution in [0.5, 0.6) is 0 Å². The molecule has 0 saturated heterocycles. The van der Waals surface area contributed by atoms with Gasteiger partial charge in [-0.05, 0) is 5.92 Å². The normalized spacial score (nSPS) is 28.5. The Kier molecular flexibility index (Phi) is 2.47. The highest BCUT2D eigenvalue weighted by atomic mass is 16.5. The van der Waals surface area contributed by atoms with Gasteiger partial charge in [-0.1, -0.05) is 31.2 Å². The van der Waals surface area contributed by atoms with Crippen LogP contribution in [0.1, 0.15) is 6.92 Å². The number of carbonyl (C=O) groups excluding carboxylic acids is 1. The third-order valence-corrected chi connectivity index (χ3v) is 1.88. The van der Waals surface area contributed by atoms with Gasteiger partial charge < -0.3 is 4.74 Å². The summed E-state index contributed by atoms with van der Waals surface area (Å²) in [5.41, 5.74) is 0. The molecule has 2 atom stereocenters. The first-order chi connectivity index (χ1) is 5.25. The topological polar surface area (TPSA) is 26.3 Å². The van der Waals surface area contributed by atoms with Crippen molar-refractivity contribution >= 4 is 5.97 Å². The van der Waals surface area contributed by atoms with Crippen molar-refractivity contribution in [3.8, 4) is 0 Å². The number of esters is 1. The fourth-order valence-corrected chi connectivity index (χ4v) is 1.15. The van der Waals surface area contributed by atoms with Crippen LogP contribution in [0.3, 0.4) is 0 Å². The molecule has 0 fully saturated rings. The number of hydrogen-bond donors (Lipinski definition) is 0. The molecule has 0 aromatic rings. The largest absolute Gasteiger partial charge is 0.469 e. The van der Waals surface area contributed by atoms with E-state index in [1.54, 1.807) is 0 Å². The average Bonchev–Trinajstić information content (AvgIpc) is 2.04. The van der Waals surface area contributed by atoms with Crippen molar-refractivity contribution in [2.24, 2.45) is 11.8 Å². The molecule has 1 aliphatic rings. The van der Waals surface area contributed by atoms with Crippen molar-refractivity contribution in [2.45, 2.75) is 6.92 Å². The molecule has 0 heterocycles. The molecule has 0 bridgehead atoms. The fourth-order valence-electron chi connectivity index (χ4n) is 1.15. The van der Waals surface area contributed by atoms with Crippen molar-refractivity contribution in [1.82, 2.24) is 0 Å². The summed E-state index contributed by atoms with van der Waals surface area (Å²) < 4.78 is 4.64. The average molecular weight is 152 g/mol. The quantitative estimate of drug-likeness (QED) is 0.533. The monoisotopic (exact) mass is 152 g/mol. The van der Waals surface area contributed by atoms with E-state index in [1.807, 2.05) is 31.2 Å². The highest BCUT2D eigenvalue weighted by molar-refractivity contribution is 5.75. The van der Waals surface area contributed by atoms with Gasteiger partial charge in [0, 0.05) is 0 Å². The van der Waals surface area contributed by atoms with Crippen molar-refractivity contribution < 1.29 is 9.53 Å². The standard InChI is InChI=1S/C9H12O2/c1-7-5-3-4-6-8(7)9(10)11-2/h3-8H,1-2H3. The summed E-state index contributed by atoms with van der Waals surface area (Å²) in [5.74, 6) is 0.00977. The van der Waals surface area contributed by atoms with E-state index in [9.17, 15) is 4.79 Å². The predicted octanol–water partition coefficient (Wildman–Crippen LogP) is 1.54. The van der Waals surface area contributed by atoms with E-state index >= 15 is 0 Å². The van der Waals surface area contributed by atoms with Gasteiger partial charge in [0.25, 0.3) is 0 Å². The van der Waals surface area contributed by atoms with Gasteiger partial charge in [0.05, 0.1) is 13.0 Å². The molecule has 0 N–H and O–H groups in total. The molecule has 1 aliphatic carbocycles. The maximum Gasteiger partial charge on any atom is 0.313 e. The summed E-state index contributed by atoms with van der Waals surface area (Å²) in [7, 11) is 1.42. The van der Waals surface area contributed by atoms with E-state index in [0.29, 0.717) is 0 Å². The minimum atomic E-state index is -0.155. The summed E-state index contributed by atoms with van der Waals surface area (Å²) >= 11 is 0. The first kappa shape index (κ1) is 8.05. The van der Waals surface area contributed by atoms with Crippen LogP contribution >= 0.6 is 0 Å². The number of allylic oxidation sites excluding steroid dienone is 3. The molecule has 0 spiro atoms. The van der Waals surface area contributed by atoms with E-state index in [1.165, 1.54) is 7.11 Å². The minimum Gasteiger partial charge on any atom is -0.469 e. The van der Waals surface area contributed by atoms with Gasteiger partial charge in [0.2, 0.25) is 0 Å². The lowest BCUT2D eigenvalue weighted by atomic mass is 9.90. The molecule has 2 heteroatoms. The second-order valence-corrected chi connectivity index (χ2v) is 2.68. The van der Waals surface area contributed by atoms with Crippen molar-refractivity contribution in [1.29, 1.82) is 0 Å². The molecule has 0 radical (unpaired) electrons. The highest BCUT2D eigenvalue weighted by Crippen LogP contribution is 2.19. The highest BCUT2D eigenvalue weighted by Gasteiger charge is 2.22. The van der Waals surface area contributed by atoms with Crippen LogP contribution in [0, 0.1) is 11.8 Å². The van der Waals surface area contributed by atoms with E-state index in [2.05, 4.69) is 4.74 Å². The van der Waals surface area contributed by atoms with Gasteiger partial charge in [0.1, 0.15) is 0 Å². The third kappa shape index (κ3) is 1.70.